The van der Waals surface area contributed by atoms with E-state index >= 15 is 0 Å². The monoisotopic (exact) mass is 633 g/mol. The van der Waals surface area contributed by atoms with Crippen LogP contribution in [0.1, 0.15) is 29.2 Å². The second-order valence-corrected chi connectivity index (χ2v) is 13.8. The maximum Gasteiger partial charge on any atom is 0.133 e. The predicted molar refractivity (Wildman–Crippen MR) is 202 cm³/mol. The van der Waals surface area contributed by atoms with Crippen LogP contribution in [0, 0.1) is 0 Å². The molecule has 6 aromatic rings. The number of allylic oxidation sites excluding steroid dienone is 5. The van der Waals surface area contributed by atoms with Crippen molar-refractivity contribution in [1.82, 2.24) is 10.6 Å². The van der Waals surface area contributed by atoms with Crippen LogP contribution >= 0.6 is 11.3 Å². The molecule has 4 aliphatic rings. The van der Waals surface area contributed by atoms with E-state index in [0.29, 0.717) is 0 Å². The summed E-state index contributed by atoms with van der Waals surface area (Å²) in [5.41, 5.74) is 8.33. The van der Waals surface area contributed by atoms with Crippen LogP contribution in [0.25, 0.3) is 42.9 Å². The maximum absolute atomic E-state index is 5.40. The quantitative estimate of drug-likeness (QED) is 0.191. The van der Waals surface area contributed by atoms with E-state index in [4.69, 9.17) is 4.99 Å². The highest BCUT2D eigenvalue weighted by Gasteiger charge is 2.25. The molecule has 0 spiro atoms. The molecule has 2 N–H and O–H groups in total. The molecule has 0 radical (unpaired) electrons. The third-order valence-corrected chi connectivity index (χ3v) is 11.1. The van der Waals surface area contributed by atoms with Gasteiger partial charge in [0.1, 0.15) is 5.84 Å². The average Bonchev–Trinajstić information content (AvgIpc) is 3.84. The van der Waals surface area contributed by atoms with Gasteiger partial charge >= 0.3 is 0 Å². The highest BCUT2D eigenvalue weighted by Crippen LogP contribution is 2.37. The summed E-state index contributed by atoms with van der Waals surface area (Å²) in [6, 6.07) is 37.5. The summed E-state index contributed by atoms with van der Waals surface area (Å²) in [5.74, 6) is 0.890. The molecular weight excluding hydrogens is 603 g/mol. The molecule has 0 bridgehead atoms. The van der Waals surface area contributed by atoms with Gasteiger partial charge in [-0.2, -0.15) is 0 Å². The third-order valence-electron chi connectivity index (χ3n) is 9.93. The summed E-state index contributed by atoms with van der Waals surface area (Å²) < 4.78 is 2.67. The molecule has 2 unspecified atom stereocenters. The first kappa shape index (κ1) is 27.4. The van der Waals surface area contributed by atoms with Crippen LogP contribution in [0.2, 0.25) is 0 Å². The summed E-state index contributed by atoms with van der Waals surface area (Å²) in [4.78, 5) is 5.40. The lowest BCUT2D eigenvalue weighted by molar-refractivity contribution is 0.856. The van der Waals surface area contributed by atoms with E-state index in [1.807, 2.05) is 11.3 Å². The molecule has 48 heavy (non-hydrogen) atoms. The van der Waals surface area contributed by atoms with Gasteiger partial charge in [0, 0.05) is 31.1 Å². The number of aliphatic imine (C=N–C) groups is 1. The minimum Gasteiger partial charge on any atom is -0.374 e. The Morgan fingerprint density at radius 2 is 1.50 bits per heavy atom. The van der Waals surface area contributed by atoms with Gasteiger partial charge in [0.15, 0.2) is 0 Å². The van der Waals surface area contributed by atoms with Crippen molar-refractivity contribution < 1.29 is 0 Å². The van der Waals surface area contributed by atoms with Gasteiger partial charge in [-0.25, -0.2) is 0 Å². The Morgan fingerprint density at radius 1 is 0.729 bits per heavy atom. The van der Waals surface area contributed by atoms with E-state index in [1.54, 1.807) is 0 Å². The lowest BCUT2D eigenvalue weighted by Gasteiger charge is -2.26. The molecule has 10 rings (SSSR count). The Labute approximate surface area is 282 Å². The number of benzene rings is 5. The number of rotatable bonds is 4. The minimum absolute atomic E-state index is 0.130. The van der Waals surface area contributed by atoms with Gasteiger partial charge < -0.3 is 10.6 Å². The SMILES string of the molecule is C1=CC2=c3sc4ccccc4c3=C(c3ccc(C4=NC(c5cc6ccccc6c6ccccc56)C=C(C5=CCC=C5)N4)cc3)NC2C=C1. The van der Waals surface area contributed by atoms with Crippen molar-refractivity contribution in [3.8, 4) is 0 Å². The largest absolute Gasteiger partial charge is 0.374 e. The Morgan fingerprint density at radius 3 is 2.35 bits per heavy atom. The van der Waals surface area contributed by atoms with Crippen molar-refractivity contribution in [3.05, 3.63) is 189 Å². The van der Waals surface area contributed by atoms with Gasteiger partial charge in [0.25, 0.3) is 0 Å². The molecule has 0 saturated heterocycles. The molecule has 3 nitrogen and oxygen atoms in total. The number of hydrogen-bond donors (Lipinski definition) is 2. The van der Waals surface area contributed by atoms with Crippen molar-refractivity contribution in [2.24, 2.45) is 4.99 Å². The Bertz CT molecular complexity index is 2640. The normalized spacial score (nSPS) is 19.5. The van der Waals surface area contributed by atoms with Crippen LogP contribution in [0.4, 0.5) is 0 Å². The molecule has 2 aliphatic heterocycles. The molecule has 0 saturated carbocycles. The van der Waals surface area contributed by atoms with Crippen LogP contribution in [-0.4, -0.2) is 11.9 Å². The molecule has 3 heterocycles. The first-order valence-corrected chi connectivity index (χ1v) is 17.4. The molecule has 0 amide bonds. The van der Waals surface area contributed by atoms with Crippen molar-refractivity contribution in [3.63, 3.8) is 0 Å². The highest BCUT2D eigenvalue weighted by atomic mass is 32.1. The van der Waals surface area contributed by atoms with Crippen LogP contribution < -0.4 is 20.4 Å². The second-order valence-electron chi connectivity index (χ2n) is 12.7. The fourth-order valence-corrected chi connectivity index (χ4v) is 8.90. The zero-order valence-electron chi connectivity index (χ0n) is 26.2. The van der Waals surface area contributed by atoms with Crippen LogP contribution in [0.15, 0.2) is 168 Å². The number of thiophene rings is 1. The van der Waals surface area contributed by atoms with E-state index < -0.39 is 0 Å². The van der Waals surface area contributed by atoms with Gasteiger partial charge in [-0.15, -0.1) is 11.3 Å². The fourth-order valence-electron chi connectivity index (χ4n) is 7.63. The van der Waals surface area contributed by atoms with E-state index in [0.717, 1.165) is 23.5 Å². The van der Waals surface area contributed by atoms with E-state index in [1.165, 1.54) is 69.4 Å². The Hall–Kier alpha value is -5.71. The summed E-state index contributed by atoms with van der Waals surface area (Å²) >= 11 is 1.89. The van der Waals surface area contributed by atoms with Crippen LogP contribution in [-0.2, 0) is 0 Å². The first-order valence-electron chi connectivity index (χ1n) is 16.6. The van der Waals surface area contributed by atoms with Crippen LogP contribution in [0.3, 0.4) is 0 Å². The van der Waals surface area contributed by atoms with Crippen molar-refractivity contribution in [2.75, 3.05) is 0 Å². The highest BCUT2D eigenvalue weighted by molar-refractivity contribution is 7.17. The fraction of sp³-hybridized carbons (Fsp3) is 0.0682. The van der Waals surface area contributed by atoms with E-state index in [9.17, 15) is 0 Å². The number of nitrogens with zero attached hydrogens (tertiary/aromatic N) is 1. The number of nitrogens with one attached hydrogen (secondary N) is 2. The molecular formula is C44H31N3S. The summed E-state index contributed by atoms with van der Waals surface area (Å²) in [6.45, 7) is 0. The Kier molecular flexibility index (Phi) is 6.24. The predicted octanol–water partition coefficient (Wildman–Crippen LogP) is 8.47. The second kappa shape index (κ2) is 10.9. The minimum atomic E-state index is -0.130. The van der Waals surface area contributed by atoms with Crippen LogP contribution in [0.5, 0.6) is 0 Å². The van der Waals surface area contributed by atoms with Gasteiger partial charge in [-0.05, 0) is 68.4 Å². The number of fused-ring (bicyclic) bond motifs is 7. The third kappa shape index (κ3) is 4.37. The van der Waals surface area contributed by atoms with Crippen molar-refractivity contribution >= 4 is 60.1 Å². The number of amidine groups is 1. The molecule has 1 aromatic heterocycles. The summed E-state index contributed by atoms with van der Waals surface area (Å²) in [6.07, 6.45) is 18.8. The topological polar surface area (TPSA) is 36.4 Å². The standard InChI is InChI=1S/C44H31N3S/c1-2-12-27(11-1)38-26-39(36-25-30-13-3-4-14-31(30)32-15-5-6-16-33(32)36)47-44(46-38)29-23-21-28(22-24-29)42-41-35-18-8-10-20-40(35)48-43(41)34-17-7-9-19-37(34)45-42/h1,3-26,37,39,45H,2H2,(H,46,47). The van der Waals surface area contributed by atoms with Crippen molar-refractivity contribution in [1.29, 1.82) is 0 Å². The smallest absolute Gasteiger partial charge is 0.133 e. The molecule has 4 heteroatoms. The Balaban J connectivity index is 1.11. The summed E-state index contributed by atoms with van der Waals surface area (Å²) in [5, 5.41) is 15.2. The van der Waals surface area contributed by atoms with Gasteiger partial charge in [-0.1, -0.05) is 134 Å². The average molecular weight is 634 g/mol. The molecule has 228 valence electrons. The first-order chi connectivity index (χ1) is 23.8. The van der Waals surface area contributed by atoms with E-state index in [-0.39, 0.29) is 12.1 Å². The molecule has 2 atom stereocenters. The lowest BCUT2D eigenvalue weighted by Crippen LogP contribution is -2.43. The van der Waals surface area contributed by atoms with Gasteiger partial charge in [0.05, 0.1) is 17.8 Å². The molecule has 5 aromatic carbocycles. The van der Waals surface area contributed by atoms with E-state index in [2.05, 4.69) is 162 Å². The zero-order valence-corrected chi connectivity index (χ0v) is 27.0. The van der Waals surface area contributed by atoms with Gasteiger partial charge in [0.2, 0.25) is 0 Å². The summed E-state index contributed by atoms with van der Waals surface area (Å²) in [7, 11) is 0. The number of hydrogen-bond acceptors (Lipinski definition) is 4. The zero-order chi connectivity index (χ0) is 31.6. The van der Waals surface area contributed by atoms with Gasteiger partial charge in [-0.3, -0.25) is 4.99 Å². The van der Waals surface area contributed by atoms with Crippen molar-refractivity contribution in [2.45, 2.75) is 18.5 Å². The molecule has 2 aliphatic carbocycles. The maximum atomic E-state index is 5.40. The molecule has 0 fully saturated rings. The lowest BCUT2D eigenvalue weighted by atomic mass is 9.92.